The van der Waals surface area contributed by atoms with Crippen LogP contribution in [0, 0.1) is 0 Å². The number of anilines is 1. The highest BCUT2D eigenvalue weighted by atomic mass is 32.1. The normalized spacial score (nSPS) is 9.84. The van der Waals surface area contributed by atoms with Crippen molar-refractivity contribution >= 4 is 29.0 Å². The molecule has 1 N–H and O–H groups in total. The number of carbonyl (C=O) groups excluding carboxylic acids is 1. The monoisotopic (exact) mass is 280 g/mol. The van der Waals surface area contributed by atoms with Crippen LogP contribution in [0.4, 0.5) is 5.69 Å². The smallest absolute Gasteiger partial charge is 0.338 e. The zero-order valence-corrected chi connectivity index (χ0v) is 12.4. The summed E-state index contributed by atoms with van der Waals surface area (Å²) in [6, 6.07) is 7.09. The first kappa shape index (κ1) is 15.4. The van der Waals surface area contributed by atoms with Crippen molar-refractivity contribution in [3.05, 3.63) is 29.8 Å². The average Bonchev–Trinajstić information content (AvgIpc) is 2.39. The number of thiocarbonyl (C=S) groups is 1. The van der Waals surface area contributed by atoms with E-state index in [-0.39, 0.29) is 5.97 Å². The van der Waals surface area contributed by atoms with Crippen molar-refractivity contribution in [3.8, 4) is 0 Å². The summed E-state index contributed by atoms with van der Waals surface area (Å²) in [6.45, 7) is 2.53. The van der Waals surface area contributed by atoms with Crippen molar-refractivity contribution in [1.82, 2.24) is 4.90 Å². The number of carbonyl (C=O) groups is 1. The van der Waals surface area contributed by atoms with Gasteiger partial charge in [0.2, 0.25) is 0 Å². The van der Waals surface area contributed by atoms with E-state index in [0.717, 1.165) is 18.5 Å². The van der Waals surface area contributed by atoms with Crippen LogP contribution in [0.5, 0.6) is 0 Å². The molecule has 0 unspecified atom stereocenters. The molecule has 1 rings (SSSR count). The van der Waals surface area contributed by atoms with E-state index in [0.29, 0.717) is 17.3 Å². The van der Waals surface area contributed by atoms with Crippen LogP contribution in [0.25, 0.3) is 0 Å². The lowest BCUT2D eigenvalue weighted by Crippen LogP contribution is -2.26. The van der Waals surface area contributed by atoms with Crippen LogP contribution < -0.4 is 5.32 Å². The van der Waals surface area contributed by atoms with E-state index in [1.54, 1.807) is 12.1 Å². The average molecular weight is 280 g/mol. The number of rotatable bonds is 5. The van der Waals surface area contributed by atoms with E-state index < -0.39 is 0 Å². The minimum absolute atomic E-state index is 0.282. The molecule has 0 spiro atoms. The van der Waals surface area contributed by atoms with Crippen LogP contribution in [0.2, 0.25) is 0 Å². The molecule has 0 aromatic heterocycles. The Morgan fingerprint density at radius 2 is 1.95 bits per heavy atom. The van der Waals surface area contributed by atoms with Gasteiger partial charge in [-0.1, -0.05) is 13.3 Å². The summed E-state index contributed by atoms with van der Waals surface area (Å²) < 4.78 is 5.13. The van der Waals surface area contributed by atoms with Crippen molar-refractivity contribution < 1.29 is 9.53 Å². The predicted molar refractivity (Wildman–Crippen MR) is 81.5 cm³/mol. The first-order valence-electron chi connectivity index (χ1n) is 6.30. The quantitative estimate of drug-likeness (QED) is 0.510. The summed E-state index contributed by atoms with van der Waals surface area (Å²) in [5.41, 5.74) is 1.40. The maximum absolute atomic E-state index is 11.7. The molecule has 0 atom stereocenters. The summed E-state index contributed by atoms with van der Waals surface area (Å²) in [6.07, 6.45) is 1.90. The van der Waals surface area contributed by atoms with Crippen molar-refractivity contribution in [3.63, 3.8) is 0 Å². The molecule has 19 heavy (non-hydrogen) atoms. The summed E-state index contributed by atoms with van der Waals surface area (Å²) in [5.74, 6) is -0.282. The van der Waals surface area contributed by atoms with Gasteiger partial charge in [0.1, 0.15) is 0 Å². The zero-order chi connectivity index (χ0) is 14.3. The van der Waals surface area contributed by atoms with Crippen molar-refractivity contribution in [2.45, 2.75) is 19.8 Å². The second-order valence-electron chi connectivity index (χ2n) is 4.39. The molecule has 0 fully saturated rings. The fourth-order valence-electron chi connectivity index (χ4n) is 1.32. The summed E-state index contributed by atoms with van der Waals surface area (Å²) in [7, 11) is 3.74. The standard InChI is InChI=1S/C14H20N2O2S/c1-4-5-10-18-13(17)11-6-8-12(9-7-11)15-14(19)16(2)3/h6-9H,4-5,10H2,1-3H3,(H,15,19). The lowest BCUT2D eigenvalue weighted by atomic mass is 10.2. The number of nitrogens with one attached hydrogen (secondary N) is 1. The largest absolute Gasteiger partial charge is 0.462 e. The summed E-state index contributed by atoms with van der Waals surface area (Å²) in [4.78, 5) is 13.5. The molecule has 0 saturated heterocycles. The second-order valence-corrected chi connectivity index (χ2v) is 4.78. The molecular weight excluding hydrogens is 260 g/mol. The first-order chi connectivity index (χ1) is 9.04. The molecule has 5 heteroatoms. The van der Waals surface area contributed by atoms with Gasteiger partial charge in [-0.2, -0.15) is 0 Å². The molecule has 0 aliphatic heterocycles. The van der Waals surface area contributed by atoms with E-state index in [1.807, 2.05) is 31.1 Å². The lowest BCUT2D eigenvalue weighted by Gasteiger charge is -2.15. The van der Waals surface area contributed by atoms with Gasteiger partial charge in [0.05, 0.1) is 12.2 Å². The number of hydrogen-bond donors (Lipinski definition) is 1. The number of nitrogens with zero attached hydrogens (tertiary/aromatic N) is 1. The van der Waals surface area contributed by atoms with Gasteiger partial charge in [-0.05, 0) is 42.9 Å². The molecule has 1 aromatic rings. The number of ether oxygens (including phenoxy) is 1. The van der Waals surface area contributed by atoms with Gasteiger partial charge in [0.25, 0.3) is 0 Å². The number of hydrogen-bond acceptors (Lipinski definition) is 3. The maximum atomic E-state index is 11.7. The Morgan fingerprint density at radius 3 is 2.47 bits per heavy atom. The number of esters is 1. The minimum atomic E-state index is -0.282. The molecule has 0 radical (unpaired) electrons. The van der Waals surface area contributed by atoms with Crippen LogP contribution in [0.15, 0.2) is 24.3 Å². The van der Waals surface area contributed by atoms with Gasteiger partial charge in [-0.25, -0.2) is 4.79 Å². The SMILES string of the molecule is CCCCOC(=O)c1ccc(NC(=S)N(C)C)cc1. The van der Waals surface area contributed by atoms with Gasteiger partial charge in [0.15, 0.2) is 5.11 Å². The molecule has 0 amide bonds. The van der Waals surface area contributed by atoms with E-state index in [2.05, 4.69) is 12.2 Å². The Morgan fingerprint density at radius 1 is 1.32 bits per heavy atom. The van der Waals surface area contributed by atoms with Crippen molar-refractivity contribution in [2.75, 3.05) is 26.0 Å². The fraction of sp³-hybridized carbons (Fsp3) is 0.429. The molecule has 0 aliphatic rings. The van der Waals surface area contributed by atoms with Crippen molar-refractivity contribution in [1.29, 1.82) is 0 Å². The predicted octanol–water partition coefficient (Wildman–Crippen LogP) is 2.90. The van der Waals surface area contributed by atoms with E-state index in [9.17, 15) is 4.79 Å². The van der Waals surface area contributed by atoms with Crippen LogP contribution in [0.1, 0.15) is 30.1 Å². The second kappa shape index (κ2) is 7.74. The van der Waals surface area contributed by atoms with Crippen LogP contribution in [-0.4, -0.2) is 36.7 Å². The van der Waals surface area contributed by atoms with Gasteiger partial charge >= 0.3 is 5.97 Å². The minimum Gasteiger partial charge on any atom is -0.462 e. The van der Waals surface area contributed by atoms with E-state index >= 15 is 0 Å². The molecule has 4 nitrogen and oxygen atoms in total. The Hall–Kier alpha value is -1.62. The van der Waals surface area contributed by atoms with Gasteiger partial charge in [-0.3, -0.25) is 0 Å². The Labute approximate surface area is 119 Å². The molecule has 1 aromatic carbocycles. The third-order valence-electron chi connectivity index (χ3n) is 2.51. The van der Waals surface area contributed by atoms with Gasteiger partial charge < -0.3 is 15.0 Å². The van der Waals surface area contributed by atoms with Crippen LogP contribution in [-0.2, 0) is 4.74 Å². The first-order valence-corrected chi connectivity index (χ1v) is 6.71. The highest BCUT2D eigenvalue weighted by Gasteiger charge is 2.07. The van der Waals surface area contributed by atoms with Crippen molar-refractivity contribution in [2.24, 2.45) is 0 Å². The highest BCUT2D eigenvalue weighted by molar-refractivity contribution is 7.80. The lowest BCUT2D eigenvalue weighted by molar-refractivity contribution is 0.0500. The third kappa shape index (κ3) is 5.26. The molecule has 0 aliphatic carbocycles. The summed E-state index contributed by atoms with van der Waals surface area (Å²) in [5, 5.41) is 3.69. The van der Waals surface area contributed by atoms with Gasteiger partial charge in [-0.15, -0.1) is 0 Å². The van der Waals surface area contributed by atoms with Crippen LogP contribution in [0.3, 0.4) is 0 Å². The maximum Gasteiger partial charge on any atom is 0.338 e. The Bertz CT molecular complexity index is 430. The van der Waals surface area contributed by atoms with E-state index in [1.165, 1.54) is 0 Å². The molecular formula is C14H20N2O2S. The molecule has 0 heterocycles. The van der Waals surface area contributed by atoms with Crippen LogP contribution >= 0.6 is 12.2 Å². The zero-order valence-electron chi connectivity index (χ0n) is 11.6. The van der Waals surface area contributed by atoms with Gasteiger partial charge in [0, 0.05) is 19.8 Å². The topological polar surface area (TPSA) is 41.6 Å². The molecule has 104 valence electrons. The highest BCUT2D eigenvalue weighted by Crippen LogP contribution is 2.11. The summed E-state index contributed by atoms with van der Waals surface area (Å²) >= 11 is 5.14. The van der Waals surface area contributed by atoms with E-state index in [4.69, 9.17) is 17.0 Å². The molecule has 0 saturated carbocycles. The number of benzene rings is 1. The Kier molecular flexibility index (Phi) is 6.29. The third-order valence-corrected chi connectivity index (χ3v) is 2.98. The fourth-order valence-corrected chi connectivity index (χ4v) is 1.44. The molecule has 0 bridgehead atoms. The number of unbranched alkanes of at least 4 members (excludes halogenated alkanes) is 1. The Balaban J connectivity index is 2.56.